The van der Waals surface area contributed by atoms with E-state index in [1.165, 1.54) is 5.56 Å². The van der Waals surface area contributed by atoms with Gasteiger partial charge >= 0.3 is 6.03 Å². The molecule has 5 heteroatoms. The summed E-state index contributed by atoms with van der Waals surface area (Å²) in [7, 11) is 0. The van der Waals surface area contributed by atoms with Crippen LogP contribution in [0, 0.1) is 0 Å². The number of rotatable bonds is 2. The van der Waals surface area contributed by atoms with Crippen molar-refractivity contribution in [2.45, 2.75) is 12.0 Å². The summed E-state index contributed by atoms with van der Waals surface area (Å²) in [5.74, 6) is 0.318. The maximum absolute atomic E-state index is 10.8. The number of hydrogen-bond donors (Lipinski definition) is 3. The monoisotopic (exact) mass is 241 g/mol. The van der Waals surface area contributed by atoms with E-state index < -0.39 is 6.03 Å². The highest BCUT2D eigenvalue weighted by Gasteiger charge is 2.28. The molecule has 2 rings (SSSR count). The molecule has 1 heterocycles. The van der Waals surface area contributed by atoms with Crippen LogP contribution in [0.2, 0.25) is 0 Å². The van der Waals surface area contributed by atoms with Crippen molar-refractivity contribution >= 4 is 18.4 Å². The summed E-state index contributed by atoms with van der Waals surface area (Å²) in [5, 5.41) is 6.02. The van der Waals surface area contributed by atoms with E-state index in [1.54, 1.807) is 0 Å². The first-order valence-corrected chi connectivity index (χ1v) is 5.09. The Hall–Kier alpha value is -1.26. The van der Waals surface area contributed by atoms with Gasteiger partial charge in [-0.05, 0) is 5.56 Å². The number of halogens is 1. The number of nitrogens with one attached hydrogen (secondary N) is 2. The van der Waals surface area contributed by atoms with Crippen LogP contribution in [0.4, 0.5) is 4.79 Å². The summed E-state index contributed by atoms with van der Waals surface area (Å²) in [6.45, 7) is 1.66. The van der Waals surface area contributed by atoms with Crippen molar-refractivity contribution in [3.05, 3.63) is 35.9 Å². The fourth-order valence-corrected chi connectivity index (χ4v) is 2.06. The van der Waals surface area contributed by atoms with Crippen LogP contribution in [-0.4, -0.2) is 25.2 Å². The van der Waals surface area contributed by atoms with E-state index in [9.17, 15) is 4.79 Å². The number of nitrogens with two attached hydrogens (primary N) is 1. The summed E-state index contributed by atoms with van der Waals surface area (Å²) in [5.41, 5.74) is 6.37. The molecule has 2 unspecified atom stereocenters. The molecular formula is C11H16ClN3O. The van der Waals surface area contributed by atoms with Gasteiger partial charge in [0.1, 0.15) is 0 Å². The first-order valence-electron chi connectivity index (χ1n) is 5.09. The van der Waals surface area contributed by atoms with Gasteiger partial charge in [0.05, 0.1) is 6.04 Å². The van der Waals surface area contributed by atoms with E-state index in [-0.39, 0.29) is 18.4 Å². The molecule has 1 aromatic rings. The summed E-state index contributed by atoms with van der Waals surface area (Å²) >= 11 is 0. The van der Waals surface area contributed by atoms with Crippen molar-refractivity contribution in [2.75, 3.05) is 13.1 Å². The second-order valence-electron chi connectivity index (χ2n) is 3.79. The number of amides is 2. The molecular weight excluding hydrogens is 226 g/mol. The number of hydrogen-bond acceptors (Lipinski definition) is 2. The SMILES string of the molecule is Cl.NC(=O)NC1CNCC1c1ccccc1. The second-order valence-corrected chi connectivity index (χ2v) is 3.79. The predicted molar refractivity (Wildman–Crippen MR) is 65.8 cm³/mol. The fourth-order valence-electron chi connectivity index (χ4n) is 2.06. The quantitative estimate of drug-likeness (QED) is 0.718. The molecule has 4 N–H and O–H groups in total. The van der Waals surface area contributed by atoms with Crippen LogP contribution < -0.4 is 16.4 Å². The number of primary amides is 1. The lowest BCUT2D eigenvalue weighted by atomic mass is 9.94. The maximum atomic E-state index is 10.8. The molecule has 0 spiro atoms. The van der Waals surface area contributed by atoms with Gasteiger partial charge in [-0.1, -0.05) is 30.3 Å². The van der Waals surface area contributed by atoms with Crippen molar-refractivity contribution in [3.8, 4) is 0 Å². The van der Waals surface area contributed by atoms with Crippen LogP contribution >= 0.6 is 12.4 Å². The Morgan fingerprint density at radius 2 is 2.00 bits per heavy atom. The van der Waals surface area contributed by atoms with Crippen molar-refractivity contribution in [1.29, 1.82) is 0 Å². The Balaban J connectivity index is 0.00000128. The van der Waals surface area contributed by atoms with Gasteiger partial charge in [0.2, 0.25) is 0 Å². The molecule has 1 aliphatic heterocycles. The average Bonchev–Trinajstić information content (AvgIpc) is 2.66. The molecule has 0 aromatic heterocycles. The zero-order valence-corrected chi connectivity index (χ0v) is 9.67. The van der Waals surface area contributed by atoms with E-state index in [2.05, 4.69) is 22.8 Å². The van der Waals surface area contributed by atoms with Crippen molar-refractivity contribution in [3.63, 3.8) is 0 Å². The largest absolute Gasteiger partial charge is 0.352 e. The van der Waals surface area contributed by atoms with E-state index in [4.69, 9.17) is 5.73 Å². The van der Waals surface area contributed by atoms with Gasteiger partial charge in [0.25, 0.3) is 0 Å². The third kappa shape index (κ3) is 2.87. The first-order chi connectivity index (χ1) is 7.27. The van der Waals surface area contributed by atoms with Crippen LogP contribution in [-0.2, 0) is 0 Å². The van der Waals surface area contributed by atoms with Crippen LogP contribution in [0.5, 0.6) is 0 Å². The van der Waals surface area contributed by atoms with Crippen molar-refractivity contribution in [1.82, 2.24) is 10.6 Å². The Bertz CT molecular complexity index is 344. The number of carbonyl (C=O) groups is 1. The molecule has 0 aliphatic carbocycles. The predicted octanol–water partition coefficient (Wildman–Crippen LogP) is 0.832. The highest BCUT2D eigenvalue weighted by Crippen LogP contribution is 2.22. The number of benzene rings is 1. The van der Waals surface area contributed by atoms with E-state index in [1.807, 2.05) is 18.2 Å². The Kier molecular flexibility index (Phi) is 4.58. The van der Waals surface area contributed by atoms with Gasteiger partial charge < -0.3 is 16.4 Å². The molecule has 88 valence electrons. The molecule has 16 heavy (non-hydrogen) atoms. The maximum Gasteiger partial charge on any atom is 0.312 e. The summed E-state index contributed by atoms with van der Waals surface area (Å²) in [6, 6.07) is 9.81. The molecule has 0 bridgehead atoms. The molecule has 2 atom stereocenters. The zero-order chi connectivity index (χ0) is 10.7. The standard InChI is InChI=1S/C11H15N3O.ClH/c12-11(15)14-10-7-13-6-9(10)8-4-2-1-3-5-8;/h1-5,9-10,13H,6-7H2,(H3,12,14,15);1H. The highest BCUT2D eigenvalue weighted by molar-refractivity contribution is 5.85. The Labute approximate surface area is 101 Å². The van der Waals surface area contributed by atoms with Gasteiger partial charge in [-0.15, -0.1) is 12.4 Å². The molecule has 1 aliphatic rings. The second kappa shape index (κ2) is 5.72. The zero-order valence-electron chi connectivity index (χ0n) is 8.85. The molecule has 2 amide bonds. The molecule has 1 aromatic carbocycles. The van der Waals surface area contributed by atoms with Gasteiger partial charge in [-0.3, -0.25) is 0 Å². The van der Waals surface area contributed by atoms with Crippen molar-refractivity contribution < 1.29 is 4.79 Å². The third-order valence-corrected chi connectivity index (χ3v) is 2.77. The Morgan fingerprint density at radius 3 is 2.62 bits per heavy atom. The van der Waals surface area contributed by atoms with Gasteiger partial charge in [0.15, 0.2) is 0 Å². The van der Waals surface area contributed by atoms with Gasteiger partial charge in [-0.25, -0.2) is 4.79 Å². The molecule has 1 saturated heterocycles. The topological polar surface area (TPSA) is 67.2 Å². The van der Waals surface area contributed by atoms with E-state index in [0.29, 0.717) is 5.92 Å². The lowest BCUT2D eigenvalue weighted by Crippen LogP contribution is -2.42. The van der Waals surface area contributed by atoms with Crippen LogP contribution in [0.15, 0.2) is 30.3 Å². The first kappa shape index (κ1) is 12.8. The van der Waals surface area contributed by atoms with Crippen LogP contribution in [0.1, 0.15) is 11.5 Å². The normalized spacial score (nSPS) is 23.5. The minimum absolute atomic E-state index is 0. The summed E-state index contributed by atoms with van der Waals surface area (Å²) in [6.07, 6.45) is 0. The molecule has 4 nitrogen and oxygen atoms in total. The molecule has 0 radical (unpaired) electrons. The fraction of sp³-hybridized carbons (Fsp3) is 0.364. The minimum atomic E-state index is -0.454. The minimum Gasteiger partial charge on any atom is -0.352 e. The van der Waals surface area contributed by atoms with E-state index in [0.717, 1.165) is 13.1 Å². The van der Waals surface area contributed by atoms with Crippen LogP contribution in [0.3, 0.4) is 0 Å². The van der Waals surface area contributed by atoms with E-state index >= 15 is 0 Å². The van der Waals surface area contributed by atoms with Crippen LogP contribution in [0.25, 0.3) is 0 Å². The van der Waals surface area contributed by atoms with Crippen molar-refractivity contribution in [2.24, 2.45) is 5.73 Å². The molecule has 1 fully saturated rings. The van der Waals surface area contributed by atoms with Gasteiger partial charge in [0, 0.05) is 19.0 Å². The molecule has 0 saturated carbocycles. The summed E-state index contributed by atoms with van der Waals surface area (Å²) < 4.78 is 0. The highest BCUT2D eigenvalue weighted by atomic mass is 35.5. The Morgan fingerprint density at radius 1 is 1.31 bits per heavy atom. The smallest absolute Gasteiger partial charge is 0.312 e. The lowest BCUT2D eigenvalue weighted by molar-refractivity contribution is 0.245. The number of carbonyl (C=O) groups excluding carboxylic acids is 1. The average molecular weight is 242 g/mol. The summed E-state index contributed by atoms with van der Waals surface area (Å²) in [4.78, 5) is 10.8. The third-order valence-electron chi connectivity index (χ3n) is 2.77. The van der Waals surface area contributed by atoms with Gasteiger partial charge in [-0.2, -0.15) is 0 Å². The number of urea groups is 1. The lowest BCUT2D eigenvalue weighted by Gasteiger charge is -2.19.